The fourth-order valence-corrected chi connectivity index (χ4v) is 5.75. The molecular formula is C31H38BrN3O5S. The second-order valence-electron chi connectivity index (χ2n) is 9.89. The smallest absolute Gasteiger partial charge is 0.264 e. The Morgan fingerprint density at radius 2 is 1.54 bits per heavy atom. The van der Waals surface area contributed by atoms with Gasteiger partial charge in [-0.15, -0.1) is 0 Å². The van der Waals surface area contributed by atoms with Crippen molar-refractivity contribution in [1.82, 2.24) is 10.2 Å². The highest BCUT2D eigenvalue weighted by atomic mass is 79.9. The Labute approximate surface area is 251 Å². The number of aryl methyl sites for hydroxylation is 1. The maximum atomic E-state index is 14.0. The summed E-state index contributed by atoms with van der Waals surface area (Å²) in [5, 5.41) is 2.94. The first-order valence-electron chi connectivity index (χ1n) is 13.6. The van der Waals surface area contributed by atoms with Crippen LogP contribution in [0.25, 0.3) is 0 Å². The Morgan fingerprint density at radius 1 is 0.927 bits per heavy atom. The van der Waals surface area contributed by atoms with Gasteiger partial charge >= 0.3 is 0 Å². The molecule has 0 aliphatic heterocycles. The molecule has 1 N–H and O–H groups in total. The molecule has 10 heteroatoms. The van der Waals surface area contributed by atoms with Crippen molar-refractivity contribution in [3.8, 4) is 5.75 Å². The van der Waals surface area contributed by atoms with Gasteiger partial charge in [-0.3, -0.25) is 13.9 Å². The van der Waals surface area contributed by atoms with Gasteiger partial charge in [0.25, 0.3) is 10.0 Å². The van der Waals surface area contributed by atoms with E-state index in [0.29, 0.717) is 18.0 Å². The fourth-order valence-electron chi connectivity index (χ4n) is 4.08. The molecule has 0 radical (unpaired) electrons. The summed E-state index contributed by atoms with van der Waals surface area (Å²) in [6.45, 7) is 9.36. The van der Waals surface area contributed by atoms with E-state index in [-0.39, 0.29) is 23.4 Å². The average molecular weight is 645 g/mol. The fraction of sp³-hybridized carbons (Fsp3) is 0.355. The number of hydrogen-bond donors (Lipinski definition) is 1. The summed E-state index contributed by atoms with van der Waals surface area (Å²) >= 11 is 3.42. The van der Waals surface area contributed by atoms with Crippen molar-refractivity contribution in [2.45, 2.75) is 64.6 Å². The number of anilines is 1. The second kappa shape index (κ2) is 14.5. The molecule has 0 bridgehead atoms. The SMILES string of the molecule is CCOc1ccc(S(=O)(=O)N(CC(=O)N(Cc2ccc(Br)cc2)[C@@H](C)C(=O)N[C@@H](C)CC)c2ccc(C)cc2)cc1. The molecule has 2 atom stereocenters. The van der Waals surface area contributed by atoms with Gasteiger partial charge in [0.1, 0.15) is 18.3 Å². The Hall–Kier alpha value is -3.37. The zero-order valence-corrected chi connectivity index (χ0v) is 26.5. The van der Waals surface area contributed by atoms with Crippen LogP contribution < -0.4 is 14.4 Å². The minimum absolute atomic E-state index is 0.0244. The molecule has 220 valence electrons. The molecular weight excluding hydrogens is 606 g/mol. The summed E-state index contributed by atoms with van der Waals surface area (Å²) in [6, 6.07) is 19.6. The lowest BCUT2D eigenvalue weighted by Gasteiger charge is -2.32. The molecule has 0 aliphatic carbocycles. The van der Waals surface area contributed by atoms with Gasteiger partial charge in [0, 0.05) is 17.1 Å². The highest BCUT2D eigenvalue weighted by Crippen LogP contribution is 2.26. The predicted octanol–water partition coefficient (Wildman–Crippen LogP) is 5.68. The van der Waals surface area contributed by atoms with Gasteiger partial charge in [0.2, 0.25) is 11.8 Å². The number of carbonyl (C=O) groups excluding carboxylic acids is 2. The van der Waals surface area contributed by atoms with E-state index < -0.39 is 28.5 Å². The Bertz CT molecular complexity index is 1410. The number of nitrogens with zero attached hydrogens (tertiary/aromatic N) is 2. The molecule has 8 nitrogen and oxygen atoms in total. The molecule has 3 aromatic rings. The van der Waals surface area contributed by atoms with Crippen LogP contribution in [0, 0.1) is 6.92 Å². The number of rotatable bonds is 13. The molecule has 0 spiro atoms. The van der Waals surface area contributed by atoms with Crippen LogP contribution in [0.15, 0.2) is 82.2 Å². The van der Waals surface area contributed by atoms with Crippen LogP contribution in [0.2, 0.25) is 0 Å². The van der Waals surface area contributed by atoms with Crippen LogP contribution in [0.1, 0.15) is 45.2 Å². The Morgan fingerprint density at radius 3 is 2.10 bits per heavy atom. The molecule has 2 amide bonds. The van der Waals surface area contributed by atoms with Gasteiger partial charge in [-0.05, 0) is 88.2 Å². The highest BCUT2D eigenvalue weighted by molar-refractivity contribution is 9.10. The second-order valence-corrected chi connectivity index (χ2v) is 12.7. The van der Waals surface area contributed by atoms with Crippen LogP contribution >= 0.6 is 15.9 Å². The van der Waals surface area contributed by atoms with Crippen molar-refractivity contribution < 1.29 is 22.7 Å². The number of benzene rings is 3. The van der Waals surface area contributed by atoms with Gasteiger partial charge in [-0.1, -0.05) is 52.7 Å². The van der Waals surface area contributed by atoms with Crippen molar-refractivity contribution in [3.63, 3.8) is 0 Å². The first-order valence-corrected chi connectivity index (χ1v) is 15.9. The van der Waals surface area contributed by atoms with Gasteiger partial charge in [0.15, 0.2) is 0 Å². The summed E-state index contributed by atoms with van der Waals surface area (Å²) in [4.78, 5) is 28.6. The molecule has 0 aromatic heterocycles. The molecule has 3 rings (SSSR count). The third kappa shape index (κ3) is 8.56. The Balaban J connectivity index is 2.01. The maximum absolute atomic E-state index is 14.0. The maximum Gasteiger partial charge on any atom is 0.264 e. The largest absolute Gasteiger partial charge is 0.494 e. The van der Waals surface area contributed by atoms with E-state index in [9.17, 15) is 18.0 Å². The minimum Gasteiger partial charge on any atom is -0.494 e. The van der Waals surface area contributed by atoms with Crippen molar-refractivity contribution in [3.05, 3.63) is 88.4 Å². The molecule has 0 aliphatic rings. The van der Waals surface area contributed by atoms with E-state index in [4.69, 9.17) is 4.74 Å². The minimum atomic E-state index is -4.15. The predicted molar refractivity (Wildman–Crippen MR) is 165 cm³/mol. The van der Waals surface area contributed by atoms with Crippen LogP contribution in [0.3, 0.4) is 0 Å². The first kappa shape index (κ1) is 32.1. The van der Waals surface area contributed by atoms with E-state index in [1.807, 2.05) is 52.0 Å². The molecule has 0 fully saturated rings. The molecule has 0 unspecified atom stereocenters. The average Bonchev–Trinajstić information content (AvgIpc) is 2.96. The molecule has 3 aromatic carbocycles. The molecule has 41 heavy (non-hydrogen) atoms. The summed E-state index contributed by atoms with van der Waals surface area (Å²) < 4.78 is 35.4. The normalized spacial score (nSPS) is 12.7. The lowest BCUT2D eigenvalue weighted by molar-refractivity contribution is -0.139. The van der Waals surface area contributed by atoms with E-state index in [0.717, 1.165) is 26.3 Å². The Kier molecular flexibility index (Phi) is 11.4. The van der Waals surface area contributed by atoms with Crippen molar-refractivity contribution in [2.75, 3.05) is 17.5 Å². The number of nitrogens with one attached hydrogen (secondary N) is 1. The standard InChI is InChI=1S/C31H38BrN3O5S/c1-6-23(4)33-31(37)24(5)34(20-25-10-12-26(32)13-11-25)30(36)21-35(27-14-8-22(3)9-15-27)41(38,39)29-18-16-28(17-19-29)40-7-2/h8-19,23-24H,6-7,20-21H2,1-5H3,(H,33,37)/t23-,24-/m0/s1. The number of hydrogen-bond acceptors (Lipinski definition) is 5. The van der Waals surface area contributed by atoms with Gasteiger partial charge in [-0.2, -0.15) is 0 Å². The summed E-state index contributed by atoms with van der Waals surface area (Å²) in [6.07, 6.45) is 0.737. The van der Waals surface area contributed by atoms with Crippen LogP contribution in [0.5, 0.6) is 5.75 Å². The third-order valence-corrected chi connectivity index (χ3v) is 9.07. The van der Waals surface area contributed by atoms with Crippen molar-refractivity contribution in [2.24, 2.45) is 0 Å². The number of halogens is 1. The summed E-state index contributed by atoms with van der Waals surface area (Å²) in [7, 11) is -4.15. The van der Waals surface area contributed by atoms with E-state index in [2.05, 4.69) is 21.2 Å². The monoisotopic (exact) mass is 643 g/mol. The molecule has 0 saturated carbocycles. The number of carbonyl (C=O) groups is 2. The molecule has 0 saturated heterocycles. The van der Waals surface area contributed by atoms with E-state index in [1.54, 1.807) is 43.3 Å². The van der Waals surface area contributed by atoms with Crippen molar-refractivity contribution >= 4 is 43.5 Å². The third-order valence-electron chi connectivity index (χ3n) is 6.76. The zero-order valence-electron chi connectivity index (χ0n) is 24.1. The van der Waals surface area contributed by atoms with Gasteiger partial charge < -0.3 is 15.0 Å². The zero-order chi connectivity index (χ0) is 30.2. The number of sulfonamides is 1. The first-order chi connectivity index (χ1) is 19.5. The highest BCUT2D eigenvalue weighted by Gasteiger charge is 2.32. The van der Waals surface area contributed by atoms with Gasteiger partial charge in [0.05, 0.1) is 17.2 Å². The lowest BCUT2D eigenvalue weighted by Crippen LogP contribution is -2.52. The topological polar surface area (TPSA) is 96.0 Å². The van der Waals surface area contributed by atoms with Crippen LogP contribution in [0.4, 0.5) is 5.69 Å². The van der Waals surface area contributed by atoms with Crippen molar-refractivity contribution in [1.29, 1.82) is 0 Å². The van der Waals surface area contributed by atoms with Gasteiger partial charge in [-0.25, -0.2) is 8.42 Å². The van der Waals surface area contributed by atoms with E-state index >= 15 is 0 Å². The number of ether oxygens (including phenoxy) is 1. The summed E-state index contributed by atoms with van der Waals surface area (Å²) in [5.74, 6) is -0.262. The molecule has 0 heterocycles. The number of amides is 2. The summed E-state index contributed by atoms with van der Waals surface area (Å²) in [5.41, 5.74) is 2.10. The van der Waals surface area contributed by atoms with Crippen LogP contribution in [-0.2, 0) is 26.2 Å². The lowest BCUT2D eigenvalue weighted by atomic mass is 10.1. The van der Waals surface area contributed by atoms with E-state index in [1.165, 1.54) is 17.0 Å². The van der Waals surface area contributed by atoms with Crippen LogP contribution in [-0.4, -0.2) is 50.4 Å². The quantitative estimate of drug-likeness (QED) is 0.258.